The molecule has 1 aromatic carbocycles. The van der Waals surface area contributed by atoms with E-state index < -0.39 is 23.4 Å². The number of benzodiazepines with no additional fused rings is 1. The molecule has 2 aliphatic rings. The molecule has 4 N–H and O–H groups in total. The zero-order valence-electron chi connectivity index (χ0n) is 14.7. The molecular formula is C18H25N5O2. The van der Waals surface area contributed by atoms with Gasteiger partial charge in [-0.2, -0.15) is 0 Å². The molecule has 3 rings (SSSR count). The number of fused-ring (bicyclic) bond motifs is 1. The molecule has 1 saturated heterocycles. The van der Waals surface area contributed by atoms with Crippen LogP contribution in [0.3, 0.4) is 0 Å². The number of amidine groups is 1. The van der Waals surface area contributed by atoms with Crippen LogP contribution in [-0.4, -0.2) is 54.3 Å². The fourth-order valence-corrected chi connectivity index (χ4v) is 3.45. The van der Waals surface area contributed by atoms with Gasteiger partial charge in [0.25, 0.3) is 11.6 Å². The maximum Gasteiger partial charge on any atom is 0.277 e. The molecule has 2 aliphatic heterocycles. The second-order valence-electron chi connectivity index (χ2n) is 6.78. The van der Waals surface area contributed by atoms with Gasteiger partial charge in [-0.25, -0.2) is 4.99 Å². The molecule has 0 bridgehead atoms. The molecular weight excluding hydrogens is 318 g/mol. The Bertz CT molecular complexity index is 724. The molecule has 1 fully saturated rings. The van der Waals surface area contributed by atoms with E-state index >= 15 is 0 Å². The SMILES string of the molecule is C[C@H](N)C(=O)C1(N)N=C(N2CCCCC2)c2ccccc2N(C)C1=O. The number of nitrogens with zero attached hydrogens (tertiary/aromatic N) is 3. The average molecular weight is 343 g/mol. The zero-order valence-corrected chi connectivity index (χ0v) is 14.7. The standard InChI is InChI=1S/C18H25N5O2/c1-12(19)15(24)18(20)17(25)22(2)14-9-5-4-8-13(14)16(21-18)23-10-6-3-7-11-23/h4-5,8-9,12H,3,6-7,10-11,19-20H2,1-2H3/t12-,18?/m0/s1. The predicted molar refractivity (Wildman–Crippen MR) is 97.4 cm³/mol. The highest BCUT2D eigenvalue weighted by molar-refractivity contribution is 6.22. The number of para-hydroxylation sites is 1. The Labute approximate surface area is 147 Å². The smallest absolute Gasteiger partial charge is 0.277 e. The van der Waals surface area contributed by atoms with Crippen molar-refractivity contribution in [3.63, 3.8) is 0 Å². The number of likely N-dealkylation sites (N-methyl/N-ethyl adjacent to an activating group) is 1. The van der Waals surface area contributed by atoms with Gasteiger partial charge in [-0.1, -0.05) is 12.1 Å². The lowest BCUT2D eigenvalue weighted by molar-refractivity contribution is -0.134. The van der Waals surface area contributed by atoms with Crippen LogP contribution in [0.5, 0.6) is 0 Å². The lowest BCUT2D eigenvalue weighted by Gasteiger charge is -2.31. The van der Waals surface area contributed by atoms with Crippen LogP contribution < -0.4 is 16.4 Å². The van der Waals surface area contributed by atoms with Crippen LogP contribution in [0.2, 0.25) is 0 Å². The molecule has 2 heterocycles. The third-order valence-electron chi connectivity index (χ3n) is 4.86. The van der Waals surface area contributed by atoms with Crippen LogP contribution in [0, 0.1) is 0 Å². The number of amides is 1. The van der Waals surface area contributed by atoms with Crippen LogP contribution in [0.1, 0.15) is 31.7 Å². The largest absolute Gasteiger partial charge is 0.356 e. The summed E-state index contributed by atoms with van der Waals surface area (Å²) in [6.45, 7) is 3.18. The maximum absolute atomic E-state index is 13.0. The monoisotopic (exact) mass is 343 g/mol. The Hall–Kier alpha value is -2.25. The first-order valence-electron chi connectivity index (χ1n) is 8.67. The molecule has 2 atom stereocenters. The second kappa shape index (κ2) is 6.57. The van der Waals surface area contributed by atoms with Crippen LogP contribution >= 0.6 is 0 Å². The van der Waals surface area contributed by atoms with Crippen molar-refractivity contribution >= 4 is 23.2 Å². The molecule has 0 radical (unpaired) electrons. The number of anilines is 1. The fourth-order valence-electron chi connectivity index (χ4n) is 3.45. The number of benzene rings is 1. The molecule has 0 aliphatic carbocycles. The number of likely N-dealkylation sites (tertiary alicyclic amines) is 1. The molecule has 0 spiro atoms. The van der Waals surface area contributed by atoms with E-state index in [1.165, 1.54) is 11.8 Å². The molecule has 7 heteroatoms. The van der Waals surface area contributed by atoms with Gasteiger partial charge in [0.2, 0.25) is 5.78 Å². The highest BCUT2D eigenvalue weighted by atomic mass is 16.2. The van der Waals surface area contributed by atoms with Gasteiger partial charge < -0.3 is 15.5 Å². The highest BCUT2D eigenvalue weighted by Gasteiger charge is 2.48. The number of hydrogen-bond donors (Lipinski definition) is 2. The Morgan fingerprint density at radius 2 is 1.88 bits per heavy atom. The molecule has 0 saturated carbocycles. The molecule has 1 unspecified atom stereocenters. The first-order valence-corrected chi connectivity index (χ1v) is 8.67. The number of Topliss-reactive ketones (excluding diaryl/α,β-unsaturated/α-hetero) is 1. The molecule has 1 amide bonds. The zero-order chi connectivity index (χ0) is 18.2. The van der Waals surface area contributed by atoms with Gasteiger partial charge in [0.05, 0.1) is 11.7 Å². The molecule has 7 nitrogen and oxygen atoms in total. The number of piperidine rings is 1. The van der Waals surface area contributed by atoms with E-state index in [2.05, 4.69) is 9.89 Å². The normalized spacial score (nSPS) is 25.1. The number of aliphatic imine (C=N–C) groups is 1. The summed E-state index contributed by atoms with van der Waals surface area (Å²) in [4.78, 5) is 33.7. The summed E-state index contributed by atoms with van der Waals surface area (Å²) in [6.07, 6.45) is 3.25. The Kier molecular flexibility index (Phi) is 4.62. The van der Waals surface area contributed by atoms with Crippen molar-refractivity contribution in [1.82, 2.24) is 4.90 Å². The van der Waals surface area contributed by atoms with Crippen molar-refractivity contribution in [3.05, 3.63) is 29.8 Å². The first kappa shape index (κ1) is 17.6. The van der Waals surface area contributed by atoms with E-state index in [0.717, 1.165) is 37.9 Å². The lowest BCUT2D eigenvalue weighted by Crippen LogP contribution is -2.62. The third kappa shape index (κ3) is 2.94. The Balaban J connectivity index is 2.20. The minimum Gasteiger partial charge on any atom is -0.356 e. The number of carbonyl (C=O) groups is 2. The van der Waals surface area contributed by atoms with Crippen LogP contribution in [0.15, 0.2) is 29.3 Å². The van der Waals surface area contributed by atoms with Gasteiger partial charge in [0.15, 0.2) is 0 Å². The van der Waals surface area contributed by atoms with E-state index in [1.807, 2.05) is 24.3 Å². The van der Waals surface area contributed by atoms with E-state index in [9.17, 15) is 9.59 Å². The van der Waals surface area contributed by atoms with Gasteiger partial charge in [-0.3, -0.25) is 15.3 Å². The average Bonchev–Trinajstić information content (AvgIpc) is 2.72. The summed E-state index contributed by atoms with van der Waals surface area (Å²) < 4.78 is 0. The van der Waals surface area contributed by atoms with Gasteiger partial charge in [0, 0.05) is 25.7 Å². The first-order chi connectivity index (χ1) is 11.9. The van der Waals surface area contributed by atoms with Crippen molar-refractivity contribution in [3.8, 4) is 0 Å². The topological polar surface area (TPSA) is 105 Å². The number of rotatable bonds is 2. The summed E-state index contributed by atoms with van der Waals surface area (Å²) in [5.41, 5.74) is 11.5. The van der Waals surface area contributed by atoms with Crippen molar-refractivity contribution in [1.29, 1.82) is 0 Å². The second-order valence-corrected chi connectivity index (χ2v) is 6.78. The number of nitrogens with two attached hydrogens (primary N) is 2. The molecule has 25 heavy (non-hydrogen) atoms. The predicted octanol–water partition coefficient (Wildman–Crippen LogP) is 0.467. The summed E-state index contributed by atoms with van der Waals surface area (Å²) in [7, 11) is 1.62. The lowest BCUT2D eigenvalue weighted by atomic mass is 9.99. The summed E-state index contributed by atoms with van der Waals surface area (Å²) >= 11 is 0. The molecule has 0 aromatic heterocycles. The van der Waals surface area contributed by atoms with Crippen molar-refractivity contribution in [2.75, 3.05) is 25.0 Å². The fraction of sp³-hybridized carbons (Fsp3) is 0.500. The van der Waals surface area contributed by atoms with E-state index in [0.29, 0.717) is 11.5 Å². The van der Waals surface area contributed by atoms with Crippen molar-refractivity contribution in [2.45, 2.75) is 37.9 Å². The third-order valence-corrected chi connectivity index (χ3v) is 4.86. The molecule has 134 valence electrons. The van der Waals surface area contributed by atoms with Gasteiger partial charge >= 0.3 is 0 Å². The van der Waals surface area contributed by atoms with Crippen LogP contribution in [0.25, 0.3) is 0 Å². The summed E-state index contributed by atoms with van der Waals surface area (Å²) in [6, 6.07) is 6.62. The number of carbonyl (C=O) groups excluding carboxylic acids is 2. The van der Waals surface area contributed by atoms with E-state index in [1.54, 1.807) is 7.05 Å². The number of ketones is 1. The van der Waals surface area contributed by atoms with E-state index in [-0.39, 0.29) is 0 Å². The van der Waals surface area contributed by atoms with Crippen LogP contribution in [-0.2, 0) is 9.59 Å². The van der Waals surface area contributed by atoms with Crippen molar-refractivity contribution in [2.24, 2.45) is 16.5 Å². The summed E-state index contributed by atoms with van der Waals surface area (Å²) in [5, 5.41) is 0. The Morgan fingerprint density at radius 1 is 1.24 bits per heavy atom. The van der Waals surface area contributed by atoms with Crippen LogP contribution in [0.4, 0.5) is 5.69 Å². The van der Waals surface area contributed by atoms with E-state index in [4.69, 9.17) is 11.5 Å². The Morgan fingerprint density at radius 3 is 2.52 bits per heavy atom. The van der Waals surface area contributed by atoms with Gasteiger partial charge in [-0.15, -0.1) is 0 Å². The van der Waals surface area contributed by atoms with Crippen molar-refractivity contribution < 1.29 is 9.59 Å². The molecule has 1 aromatic rings. The van der Waals surface area contributed by atoms with Gasteiger partial charge in [0.1, 0.15) is 5.84 Å². The summed E-state index contributed by atoms with van der Waals surface area (Å²) in [5.74, 6) is -0.537. The quantitative estimate of drug-likeness (QED) is 0.759. The minimum atomic E-state index is -2.01. The highest BCUT2D eigenvalue weighted by Crippen LogP contribution is 2.30. The minimum absolute atomic E-state index is 0.561. The van der Waals surface area contributed by atoms with Gasteiger partial charge in [-0.05, 0) is 38.3 Å². The number of hydrogen-bond acceptors (Lipinski definition) is 6. The maximum atomic E-state index is 13.0.